The number of aliphatic hydroxyl groups is 1. The molecule has 9 nitrogen and oxygen atoms in total. The Labute approximate surface area is 441 Å². The molecule has 1 unspecified atom stereocenters. The summed E-state index contributed by atoms with van der Waals surface area (Å²) in [6, 6.07) is 2.38. The lowest BCUT2D eigenvalue weighted by Crippen LogP contribution is -2.52. The standard InChI is InChI=1S/C27H36ClN7O2S.135H2/c1-6-19-18(5)16(3)12-20(28)25(19)33-26(37)21-14-29-27(38-21)32-23-13-24(31-22(7-2)30-23)35-9-8-34(10-11-36)15-17(35)4;;;;;;;;;;;;;;;;;;;;;;;;;;;;;;;;;;;;;;;;;;;;;;;;;;;;;;;;;;;;;;;;;;;;;;;;;;;;;;;;;;;;;;;;;;;;;;;;;;;;;;;;;;;;;;;;;;;;;;;;;;;;;;;;;;;;;;;/h12-14,17,36H,6-11,15H2,1-5H3,(H,33,37)(H,29,30,31,32);135*1H/i12D;4*1+1D;;;;;;;;;;;;;;;;;;;;;;;;;;;;;;;;;;;;;;;;;;;;;;;;;;;;;;;;;;;;;;;;;;;;;;;;;;;;;;;;;;;;;;;;;;;;;;;;;;;;;;;;;;;;;;;;;;;;;;;;;;;;;;;;;;;. The van der Waals surface area contributed by atoms with E-state index in [1.807, 2.05) is 33.8 Å². The average molecular weight is 839 g/mol. The molecule has 0 spiro atoms. The summed E-state index contributed by atoms with van der Waals surface area (Å²) in [7, 11) is 0. The summed E-state index contributed by atoms with van der Waals surface area (Å²) >= 11 is 7.70. The maximum absolute atomic E-state index is 13.1. The first kappa shape index (κ1) is 22.1. The van der Waals surface area contributed by atoms with Crippen LogP contribution in [-0.2, 0) is 12.8 Å². The van der Waals surface area contributed by atoms with E-state index in [1.165, 1.54) is 17.5 Å². The number of hydrogen-bond acceptors (Lipinski definition) is 9. The summed E-state index contributed by atoms with van der Waals surface area (Å²) in [6.45, 7) is 13.3. The summed E-state index contributed by atoms with van der Waals surface area (Å²) in [6.07, 6.45) is 2.89. The number of aromatic nitrogens is 3. The number of anilines is 4. The van der Waals surface area contributed by atoms with Crippen LogP contribution in [0.3, 0.4) is 0 Å². The Morgan fingerprint density at radius 3 is 2.84 bits per heavy atom. The van der Waals surface area contributed by atoms with Crippen LogP contribution < -0.4 is 15.5 Å². The summed E-state index contributed by atoms with van der Waals surface area (Å²) < 4.78 is 48.3. The molecular weight excluding hydrogens is 522 g/mol. The van der Waals surface area contributed by atoms with Crippen LogP contribution in [0, 0.1) is 13.8 Å². The normalized spacial score (nSPS) is 17.3. The van der Waals surface area contributed by atoms with E-state index in [4.69, 9.17) is 29.8 Å². The van der Waals surface area contributed by atoms with Crippen molar-refractivity contribution in [1.82, 2.24) is 19.9 Å². The fourth-order valence-corrected chi connectivity index (χ4v) is 5.75. The maximum atomic E-state index is 13.1. The van der Waals surface area contributed by atoms with E-state index in [0.717, 1.165) is 48.0 Å². The van der Waals surface area contributed by atoms with Crippen LogP contribution in [0.2, 0.25) is 5.02 Å². The number of thiazole rings is 1. The Balaban J connectivity index is -0.00000000115. The Morgan fingerprint density at radius 2 is 2.16 bits per heavy atom. The van der Waals surface area contributed by atoms with E-state index < -0.39 is 0 Å². The van der Waals surface area contributed by atoms with Crippen LogP contribution in [0.15, 0.2) is 18.3 Å². The number of nitrogens with one attached hydrogen (secondary N) is 2. The lowest BCUT2D eigenvalue weighted by Gasteiger charge is -2.40. The van der Waals surface area contributed by atoms with Gasteiger partial charge in [0.1, 0.15) is 22.3 Å². The van der Waals surface area contributed by atoms with E-state index in [-0.39, 0.29) is 217 Å². The highest BCUT2D eigenvalue weighted by Crippen LogP contribution is 2.33. The Kier molecular flexibility index (Phi) is 7.19. The van der Waals surface area contributed by atoms with Crippen LogP contribution in [-0.4, -0.2) is 69.7 Å². The van der Waals surface area contributed by atoms with Gasteiger partial charge in [0, 0.05) is 243 Å². The predicted octanol–water partition coefficient (Wildman–Crippen LogP) is 38.0. The molecule has 1 saturated heterocycles. The van der Waals surface area contributed by atoms with Crippen molar-refractivity contribution in [2.75, 3.05) is 48.3 Å². The molecule has 4 rings (SSSR count). The van der Waals surface area contributed by atoms with Gasteiger partial charge in [0.05, 0.1) is 24.9 Å². The topological polar surface area (TPSA) is 107 Å². The third-order valence-corrected chi connectivity index (χ3v) is 8.08. The van der Waals surface area contributed by atoms with E-state index in [9.17, 15) is 9.90 Å². The van der Waals surface area contributed by atoms with Gasteiger partial charge in [-0.15, -0.1) is 0 Å². The van der Waals surface area contributed by atoms with Crippen molar-refractivity contribution in [3.8, 4) is 0 Å². The third kappa shape index (κ3) is 6.26. The van der Waals surface area contributed by atoms with Crippen LogP contribution in [0.1, 0.15) is 253 Å². The molecule has 0 saturated carbocycles. The van der Waals surface area contributed by atoms with Gasteiger partial charge in [0.2, 0.25) is 0 Å². The lowest BCUT2D eigenvalue weighted by atomic mass is 9.99. The summed E-state index contributed by atoms with van der Waals surface area (Å²) in [4.78, 5) is 31.9. The molecule has 1 aromatic carbocycles. The quantitative estimate of drug-likeness (QED) is 0.196. The number of nitrogens with zero attached hydrogens (tertiary/aromatic N) is 5. The Bertz CT molecular complexity index is 1480. The van der Waals surface area contributed by atoms with Crippen molar-refractivity contribution in [3.63, 3.8) is 0 Å². The highest BCUT2D eigenvalue weighted by molar-refractivity contribution is 7.17. The number of amides is 1. The zero-order chi connectivity index (χ0) is 36.3. The third-order valence-electron chi connectivity index (χ3n) is 6.89. The molecule has 3 N–H and O–H groups in total. The number of hydrogen-bond donors (Lipinski definition) is 3. The van der Waals surface area contributed by atoms with Crippen molar-refractivity contribution in [2.24, 2.45) is 0 Å². The van der Waals surface area contributed by atoms with Crippen molar-refractivity contribution in [3.05, 3.63) is 50.7 Å². The number of aliphatic hydroxyl groups excluding tert-OH is 1. The minimum Gasteiger partial charge on any atom is -0.395 e. The molecular formula is C27H306ClN7O2S. The molecule has 1 fully saturated rings. The van der Waals surface area contributed by atoms with Gasteiger partial charge in [-0.25, -0.2) is 15.0 Å². The molecule has 2 aromatic heterocycles. The Morgan fingerprint density at radius 1 is 1.37 bits per heavy atom. The predicted molar refractivity (Wildman–Crippen MR) is 441 cm³/mol. The zero-order valence-electron chi connectivity index (χ0n) is 31.6. The summed E-state index contributed by atoms with van der Waals surface area (Å²) in [5.74, 6) is 1.86. The second kappa shape index (κ2) is 12.4. The number of β-amino-alcohol motifs (C(OH)–C–C–N with tert-alkyl or cyclic N) is 1. The molecule has 38 heavy (non-hydrogen) atoms. The van der Waals surface area contributed by atoms with E-state index in [0.29, 0.717) is 40.9 Å². The van der Waals surface area contributed by atoms with Crippen molar-refractivity contribution in [1.29, 1.82) is 0 Å². The minimum absolute atomic E-state index is 0. The van der Waals surface area contributed by atoms with Crippen molar-refractivity contribution < 1.29 is 210 Å². The zero-order valence-corrected chi connectivity index (χ0v) is 24.1. The molecule has 1 atom stereocenters. The van der Waals surface area contributed by atoms with E-state index in [1.54, 1.807) is 0 Å². The average Bonchev–Trinajstić information content (AvgIpc) is 3.58. The number of rotatable bonds is 9. The number of piperazine rings is 1. The summed E-state index contributed by atoms with van der Waals surface area (Å²) in [5.41, 5.74) is 3.19. The van der Waals surface area contributed by atoms with Crippen LogP contribution in [0.4, 0.5) is 22.5 Å². The summed E-state index contributed by atoms with van der Waals surface area (Å²) in [5, 5.41) is 16.2. The monoisotopic (exact) mass is 838 g/mol. The van der Waals surface area contributed by atoms with Gasteiger partial charge < -0.3 is 20.6 Å². The van der Waals surface area contributed by atoms with Crippen LogP contribution >= 0.6 is 22.9 Å². The van der Waals surface area contributed by atoms with Crippen molar-refractivity contribution >= 4 is 51.3 Å². The van der Waals surface area contributed by atoms with Gasteiger partial charge in [-0.3, -0.25) is 9.69 Å². The fraction of sp³-hybridized carbons (Fsp3) is 0.481. The molecule has 1 aliphatic rings. The van der Waals surface area contributed by atoms with Crippen LogP contribution in [0.25, 0.3) is 0 Å². The van der Waals surface area contributed by atoms with Crippen LogP contribution in [0.5, 0.6) is 0 Å². The number of halogens is 1. The number of carbonyl (C=O) groups excluding carboxylic acids is 1. The molecule has 474 valence electrons. The molecule has 0 radical (unpaired) electrons. The maximum Gasteiger partial charge on any atom is 0.267 e. The number of carbonyl (C=O) groups is 1. The number of aryl methyl sites for hydroxylation is 1. The Hall–Kier alpha value is -2.79. The smallest absolute Gasteiger partial charge is 0.267 e. The SMILES string of the molecule is [2H][2H].[2H][2H].[2H][2H].[2H][2H].[2H]c1c(C)c(C)c(CC)c(NC(=O)c2cnc(Nc3cc(N4CCN(CCO)CC4C)nc(CC)n3)s2)c1Cl.[HH].[HH].[HH].[HH].[HH].[HH].[HH].[HH].[HH].[HH].[HH].[HH].[HH].[HH].[HH].[HH].[HH].[HH].[HH].[HH].[HH].[HH].[HH].[HH].[HH].[HH].[HH].[HH].[HH].[HH].[HH].[HH].[HH].[HH].[HH].[HH].[HH].[HH].[HH].[HH].[HH].[HH].[HH].[HH].[HH].[HH].[HH].[HH].[HH].[HH].[HH].[HH].[HH].[HH].[HH].[HH].[HH].[HH].[HH].[HH].[HH].[HH].[HH].[HH].[HH].[HH].[HH].[HH].[HH].[HH].[HH].[HH].[HH].[HH].[HH].[HH].[HH].[HH].[HH].[HH].[HH].[HH].[HH].[HH].[HH].[HH].[HH].[HH].[HH].[HH].[HH].[HH].[HH].[HH].[HH].[HH].[HH].[HH].[HH].[HH].[HH].[HH].[HH].[HH].[HH].[HH].[HH].[HH].[HH].[HH].[HH].[HH].[HH].[HH].[HH].[HH].[HH].[HH].[HH].[HH].[HH].[HH].[HH].[HH].[HH].[HH].[HH].[HH].[HH].[HH].[HH]. The number of benzene rings is 1. The fourth-order valence-electron chi connectivity index (χ4n) is 4.73. The van der Waals surface area contributed by atoms with Gasteiger partial charge in [-0.05, 0) is 49.9 Å². The van der Waals surface area contributed by atoms with Gasteiger partial charge in [0.15, 0.2) is 5.13 Å². The highest BCUT2D eigenvalue weighted by atomic mass is 35.5. The highest BCUT2D eigenvalue weighted by Gasteiger charge is 2.25. The second-order valence-corrected chi connectivity index (χ2v) is 10.9. The van der Waals surface area contributed by atoms with Gasteiger partial charge in [-0.2, -0.15) is 0 Å². The van der Waals surface area contributed by atoms with Gasteiger partial charge in [0.25, 0.3) is 5.91 Å². The molecule has 0 aliphatic carbocycles. The van der Waals surface area contributed by atoms with Crippen molar-refractivity contribution in [2.45, 2.75) is 53.5 Å². The molecule has 1 amide bonds. The van der Waals surface area contributed by atoms with Gasteiger partial charge >= 0.3 is 0 Å². The first-order valence-electron chi connectivity index (χ1n) is 17.5. The molecule has 0 bridgehead atoms. The molecule has 11 heteroatoms. The second-order valence-electron chi connectivity index (χ2n) is 9.45. The largest absolute Gasteiger partial charge is 0.395 e. The van der Waals surface area contributed by atoms with E-state index >= 15 is 0 Å². The first-order valence-corrected chi connectivity index (χ1v) is 14.2. The lowest BCUT2D eigenvalue weighted by molar-refractivity contribution is 0.103. The molecule has 3 heterocycles. The van der Waals surface area contributed by atoms with Gasteiger partial charge in [-0.1, -0.05) is 36.8 Å². The molecule has 1 aliphatic heterocycles. The van der Waals surface area contributed by atoms with E-state index in [2.05, 4.69) is 37.3 Å². The molecule has 3 aromatic rings. The first-order chi connectivity index (χ1) is 22.7. The minimum atomic E-state index is -0.327.